The molecule has 0 spiro atoms. The Hall–Kier alpha value is -5.50. The third kappa shape index (κ3) is 9.04. The second-order valence-electron chi connectivity index (χ2n) is 12.3. The summed E-state index contributed by atoms with van der Waals surface area (Å²) < 4.78 is 5.76. The van der Waals surface area contributed by atoms with Gasteiger partial charge in [-0.3, -0.25) is 24.8 Å². The van der Waals surface area contributed by atoms with Gasteiger partial charge in [0.15, 0.2) is 3.95 Å². The van der Waals surface area contributed by atoms with Crippen LogP contribution in [0.25, 0.3) is 0 Å². The zero-order valence-electron chi connectivity index (χ0n) is 28.6. The number of hydrogen-bond donors (Lipinski definition) is 4. The third-order valence-corrected chi connectivity index (χ3v) is 9.51. The number of benzene rings is 4. The highest BCUT2D eigenvalue weighted by Crippen LogP contribution is 2.37. The summed E-state index contributed by atoms with van der Waals surface area (Å²) in [7, 11) is 0. The highest BCUT2D eigenvalue weighted by molar-refractivity contribution is 7.73. The van der Waals surface area contributed by atoms with Crippen LogP contribution >= 0.6 is 23.6 Å². The Balaban J connectivity index is 1.52. The van der Waals surface area contributed by atoms with E-state index >= 15 is 0 Å². The third-order valence-electron chi connectivity index (χ3n) is 8.43. The lowest BCUT2D eigenvalue weighted by molar-refractivity contribution is -0.137. The number of anilines is 1. The fourth-order valence-electron chi connectivity index (χ4n) is 5.88. The Kier molecular flexibility index (Phi) is 12.8. The average Bonchev–Trinajstić information content (AvgIpc) is 3.59. The van der Waals surface area contributed by atoms with Gasteiger partial charge < -0.3 is 15.2 Å². The number of imide groups is 1. The lowest BCUT2D eigenvalue weighted by Crippen LogP contribution is -2.60. The van der Waals surface area contributed by atoms with Gasteiger partial charge in [0.05, 0.1) is 11.6 Å². The minimum atomic E-state index is -1.25. The van der Waals surface area contributed by atoms with Crippen LogP contribution in [0.5, 0.6) is 0 Å². The number of nitrogens with zero attached hydrogens (tertiary/aromatic N) is 2. The monoisotopic (exact) mass is 737 g/mol. The van der Waals surface area contributed by atoms with Crippen molar-refractivity contribution in [3.05, 3.63) is 148 Å². The maximum absolute atomic E-state index is 14.5. The van der Waals surface area contributed by atoms with Gasteiger partial charge in [0.25, 0.3) is 5.91 Å². The largest absolute Gasteiger partial charge is 0.481 e. The topological polar surface area (TPSA) is 154 Å². The molecule has 52 heavy (non-hydrogen) atoms. The molecule has 0 unspecified atom stereocenters. The molecule has 0 saturated heterocycles. The van der Waals surface area contributed by atoms with E-state index < -0.39 is 47.4 Å². The van der Waals surface area contributed by atoms with Gasteiger partial charge in [0, 0.05) is 6.42 Å². The molecular weight excluding hydrogens is 699 g/mol. The summed E-state index contributed by atoms with van der Waals surface area (Å²) >= 11 is 6.10. The van der Waals surface area contributed by atoms with Crippen molar-refractivity contribution in [2.45, 2.75) is 50.9 Å². The van der Waals surface area contributed by atoms with E-state index in [4.69, 9.17) is 17.0 Å². The molecule has 2 atom stereocenters. The summed E-state index contributed by atoms with van der Waals surface area (Å²) in [4.78, 5) is 55.1. The summed E-state index contributed by atoms with van der Waals surface area (Å²) in [6, 6.07) is 35.3. The molecule has 0 aliphatic rings. The molecule has 4 N–H and O–H groups in total. The standard InChI is InChI=1S/C39H39N5O6S2/c1-26(2)33(35(48)44(36-42-43-37(51)52-36)38(49)50-25-27-15-7-3-8-16-27)40-34(47)31(23-24-32(45)46)41-39(28-17-9-4-10-18-28,29-19-11-5-12-20-29)30-21-13-6-14-22-30/h3-22,26,31,33,41H,23-25H2,1-2H3,(H,40,47)(H,43,51)(H,45,46)/t31-,33-/m0/s1. The van der Waals surface area contributed by atoms with Crippen molar-refractivity contribution in [2.75, 3.05) is 4.90 Å². The van der Waals surface area contributed by atoms with E-state index in [0.717, 1.165) is 32.9 Å². The van der Waals surface area contributed by atoms with Crippen molar-refractivity contribution < 1.29 is 29.0 Å². The summed E-state index contributed by atoms with van der Waals surface area (Å²) in [5.74, 6) is -3.03. The zero-order chi connectivity index (χ0) is 37.1. The van der Waals surface area contributed by atoms with Crippen LogP contribution in [0.3, 0.4) is 0 Å². The van der Waals surface area contributed by atoms with Gasteiger partial charge in [0.2, 0.25) is 11.0 Å². The molecule has 11 nitrogen and oxygen atoms in total. The highest BCUT2D eigenvalue weighted by atomic mass is 32.1. The fraction of sp³-hybridized carbons (Fsp3) is 0.231. The van der Waals surface area contributed by atoms with Crippen molar-refractivity contribution in [1.29, 1.82) is 0 Å². The smallest absolute Gasteiger partial charge is 0.423 e. The number of H-pyrrole nitrogens is 1. The number of carbonyl (C=O) groups excluding carboxylic acids is 3. The number of amides is 3. The van der Waals surface area contributed by atoms with Gasteiger partial charge in [0.1, 0.15) is 12.6 Å². The van der Waals surface area contributed by atoms with Gasteiger partial charge in [-0.1, -0.05) is 147 Å². The lowest BCUT2D eigenvalue weighted by Gasteiger charge is -2.40. The average molecular weight is 738 g/mol. The normalized spacial score (nSPS) is 12.4. The Labute approximate surface area is 310 Å². The van der Waals surface area contributed by atoms with Crippen LogP contribution in [-0.2, 0) is 31.3 Å². The lowest BCUT2D eigenvalue weighted by atomic mass is 9.76. The maximum atomic E-state index is 14.5. The van der Waals surface area contributed by atoms with Crippen LogP contribution < -0.4 is 15.5 Å². The minimum absolute atomic E-state index is 0.0511. The summed E-state index contributed by atoms with van der Waals surface area (Å²) in [6.45, 7) is 3.34. The number of nitrogens with one attached hydrogen (secondary N) is 3. The highest BCUT2D eigenvalue weighted by Gasteiger charge is 2.42. The Bertz CT molecular complexity index is 1910. The van der Waals surface area contributed by atoms with Gasteiger partial charge in [-0.05, 0) is 46.8 Å². The first-order valence-corrected chi connectivity index (χ1v) is 17.9. The van der Waals surface area contributed by atoms with Crippen molar-refractivity contribution in [3.63, 3.8) is 0 Å². The van der Waals surface area contributed by atoms with E-state index in [9.17, 15) is 24.3 Å². The first kappa shape index (κ1) is 37.7. The quantitative estimate of drug-likeness (QED) is 0.0669. The SMILES string of the molecule is CC(C)[C@H](NC(=O)[C@H](CCC(=O)O)NC(c1ccccc1)(c1ccccc1)c1ccccc1)C(=O)N(C(=O)OCc1ccccc1)c1n[nH]c(=S)s1. The molecule has 4 aromatic carbocycles. The van der Waals surface area contributed by atoms with Crippen LogP contribution in [0.15, 0.2) is 121 Å². The number of aromatic nitrogens is 2. The molecule has 0 saturated carbocycles. The van der Waals surface area contributed by atoms with E-state index in [1.807, 2.05) is 97.1 Å². The van der Waals surface area contributed by atoms with Crippen LogP contribution in [0.1, 0.15) is 48.9 Å². The summed E-state index contributed by atoms with van der Waals surface area (Å²) in [6.07, 6.45) is -1.45. The second kappa shape index (κ2) is 17.6. The van der Waals surface area contributed by atoms with Gasteiger partial charge in [-0.25, -0.2) is 4.79 Å². The minimum Gasteiger partial charge on any atom is -0.481 e. The number of aromatic amines is 1. The van der Waals surface area contributed by atoms with E-state index in [-0.39, 0.29) is 28.5 Å². The molecule has 0 bridgehead atoms. The van der Waals surface area contributed by atoms with Crippen LogP contribution in [0.2, 0.25) is 0 Å². The Morgan fingerprint density at radius 2 is 1.35 bits per heavy atom. The van der Waals surface area contributed by atoms with Crippen molar-refractivity contribution in [3.8, 4) is 0 Å². The molecule has 0 aliphatic heterocycles. The maximum Gasteiger partial charge on any atom is 0.423 e. The second-order valence-corrected chi connectivity index (χ2v) is 14.0. The number of carboxylic acids is 1. The molecule has 0 aliphatic carbocycles. The first-order chi connectivity index (χ1) is 25.1. The molecule has 13 heteroatoms. The summed E-state index contributed by atoms with van der Waals surface area (Å²) in [5.41, 5.74) is 2.01. The van der Waals surface area contributed by atoms with Gasteiger partial charge in [-0.15, -0.1) is 5.10 Å². The molecule has 1 aromatic heterocycles. The van der Waals surface area contributed by atoms with Crippen molar-refractivity contribution in [1.82, 2.24) is 20.8 Å². The Morgan fingerprint density at radius 3 is 1.79 bits per heavy atom. The number of rotatable bonds is 15. The number of ether oxygens (including phenoxy) is 1. The molecule has 268 valence electrons. The molecule has 1 heterocycles. The fourth-order valence-corrected chi connectivity index (χ4v) is 6.76. The van der Waals surface area contributed by atoms with Crippen molar-refractivity contribution >= 4 is 52.6 Å². The Morgan fingerprint density at radius 1 is 0.846 bits per heavy atom. The number of carboxylic acid groups (broad SMARTS) is 1. The van der Waals surface area contributed by atoms with E-state index in [1.165, 1.54) is 0 Å². The number of carbonyl (C=O) groups is 4. The zero-order valence-corrected chi connectivity index (χ0v) is 30.2. The molecule has 3 amide bonds. The first-order valence-electron chi connectivity index (χ1n) is 16.7. The van der Waals surface area contributed by atoms with Crippen molar-refractivity contribution in [2.24, 2.45) is 5.92 Å². The predicted octanol–water partition coefficient (Wildman–Crippen LogP) is 6.83. The molecule has 0 radical (unpaired) electrons. The van der Waals surface area contributed by atoms with Gasteiger partial charge in [-0.2, -0.15) is 4.90 Å². The van der Waals surface area contributed by atoms with Crippen LogP contribution in [-0.4, -0.2) is 51.3 Å². The van der Waals surface area contributed by atoms with E-state index in [0.29, 0.717) is 5.56 Å². The predicted molar refractivity (Wildman–Crippen MR) is 201 cm³/mol. The molecule has 5 rings (SSSR count). The van der Waals surface area contributed by atoms with E-state index in [1.54, 1.807) is 38.1 Å². The number of aliphatic carboxylic acids is 1. The molecular formula is C39H39N5O6S2. The summed E-state index contributed by atoms with van der Waals surface area (Å²) in [5, 5.41) is 22.8. The molecule has 0 fully saturated rings. The van der Waals surface area contributed by atoms with Crippen LogP contribution in [0, 0.1) is 9.87 Å². The van der Waals surface area contributed by atoms with E-state index in [2.05, 4.69) is 20.8 Å². The molecule has 5 aromatic rings. The number of hydrogen-bond acceptors (Lipinski definition) is 9. The van der Waals surface area contributed by atoms with Crippen LogP contribution in [0.4, 0.5) is 9.93 Å². The van der Waals surface area contributed by atoms with Gasteiger partial charge >= 0.3 is 12.1 Å².